The molecule has 2 aromatic rings. The SMILES string of the molecule is NC(CCc1ccncc1)CCc1ccsc1. The fraction of sp³-hybridized carbons (Fsp3) is 0.357. The summed E-state index contributed by atoms with van der Waals surface area (Å²) in [5.74, 6) is 0. The van der Waals surface area contributed by atoms with Crippen LogP contribution in [-0.2, 0) is 12.8 Å². The number of hydrogen-bond acceptors (Lipinski definition) is 3. The predicted molar refractivity (Wildman–Crippen MR) is 73.2 cm³/mol. The summed E-state index contributed by atoms with van der Waals surface area (Å²) in [7, 11) is 0. The molecule has 3 heteroatoms. The second-order valence-electron chi connectivity index (χ2n) is 4.32. The highest BCUT2D eigenvalue weighted by molar-refractivity contribution is 7.07. The molecule has 1 unspecified atom stereocenters. The summed E-state index contributed by atoms with van der Waals surface area (Å²) < 4.78 is 0. The molecule has 0 fully saturated rings. The van der Waals surface area contributed by atoms with Crippen LogP contribution in [0.5, 0.6) is 0 Å². The van der Waals surface area contributed by atoms with Crippen molar-refractivity contribution >= 4 is 11.3 Å². The van der Waals surface area contributed by atoms with Gasteiger partial charge >= 0.3 is 0 Å². The first-order chi connectivity index (χ1) is 8.34. The molecule has 0 aromatic carbocycles. The van der Waals surface area contributed by atoms with Gasteiger partial charge in [0.05, 0.1) is 0 Å². The van der Waals surface area contributed by atoms with E-state index in [9.17, 15) is 0 Å². The van der Waals surface area contributed by atoms with Crippen molar-refractivity contribution in [1.82, 2.24) is 4.98 Å². The number of hydrogen-bond donors (Lipinski definition) is 1. The van der Waals surface area contributed by atoms with Gasteiger partial charge < -0.3 is 5.73 Å². The minimum absolute atomic E-state index is 0.295. The Kier molecular flexibility index (Phi) is 4.71. The summed E-state index contributed by atoms with van der Waals surface area (Å²) in [5, 5.41) is 4.33. The van der Waals surface area contributed by atoms with Crippen LogP contribution in [0.3, 0.4) is 0 Å². The first-order valence-corrected chi connectivity index (χ1v) is 6.94. The highest BCUT2D eigenvalue weighted by Crippen LogP contribution is 2.11. The molecule has 0 bridgehead atoms. The van der Waals surface area contributed by atoms with Crippen LogP contribution in [0, 0.1) is 0 Å². The van der Waals surface area contributed by atoms with Crippen LogP contribution in [0.2, 0.25) is 0 Å². The highest BCUT2D eigenvalue weighted by Gasteiger charge is 2.04. The van der Waals surface area contributed by atoms with Crippen molar-refractivity contribution in [1.29, 1.82) is 0 Å². The third kappa shape index (κ3) is 4.29. The minimum atomic E-state index is 0.295. The lowest BCUT2D eigenvalue weighted by Crippen LogP contribution is -2.21. The Morgan fingerprint density at radius 3 is 2.41 bits per heavy atom. The molecule has 17 heavy (non-hydrogen) atoms. The van der Waals surface area contributed by atoms with Gasteiger partial charge in [0.1, 0.15) is 0 Å². The third-order valence-electron chi connectivity index (χ3n) is 2.94. The summed E-state index contributed by atoms with van der Waals surface area (Å²) in [6.07, 6.45) is 7.95. The number of rotatable bonds is 6. The van der Waals surface area contributed by atoms with E-state index in [-0.39, 0.29) is 0 Å². The van der Waals surface area contributed by atoms with E-state index in [0.29, 0.717) is 6.04 Å². The number of aromatic nitrogens is 1. The summed E-state index contributed by atoms with van der Waals surface area (Å²) >= 11 is 1.75. The van der Waals surface area contributed by atoms with Crippen molar-refractivity contribution in [3.8, 4) is 0 Å². The maximum absolute atomic E-state index is 6.13. The molecule has 0 saturated carbocycles. The van der Waals surface area contributed by atoms with Crippen LogP contribution < -0.4 is 5.73 Å². The van der Waals surface area contributed by atoms with Crippen LogP contribution in [0.1, 0.15) is 24.0 Å². The third-order valence-corrected chi connectivity index (χ3v) is 3.67. The molecule has 0 amide bonds. The first kappa shape index (κ1) is 12.3. The topological polar surface area (TPSA) is 38.9 Å². The van der Waals surface area contributed by atoms with Crippen LogP contribution >= 0.6 is 11.3 Å². The number of nitrogens with zero attached hydrogens (tertiary/aromatic N) is 1. The van der Waals surface area contributed by atoms with Gasteiger partial charge in [0.15, 0.2) is 0 Å². The van der Waals surface area contributed by atoms with E-state index in [4.69, 9.17) is 5.73 Å². The Morgan fingerprint density at radius 2 is 1.76 bits per heavy atom. The predicted octanol–water partition coefficient (Wildman–Crippen LogP) is 3.04. The largest absolute Gasteiger partial charge is 0.328 e. The van der Waals surface area contributed by atoms with Gasteiger partial charge in [0.2, 0.25) is 0 Å². The Balaban J connectivity index is 1.69. The Hall–Kier alpha value is -1.19. The second-order valence-corrected chi connectivity index (χ2v) is 5.10. The van der Waals surface area contributed by atoms with Gasteiger partial charge in [-0.2, -0.15) is 11.3 Å². The van der Waals surface area contributed by atoms with E-state index in [1.54, 1.807) is 11.3 Å². The smallest absolute Gasteiger partial charge is 0.0270 e. The maximum Gasteiger partial charge on any atom is 0.0270 e. The van der Waals surface area contributed by atoms with Gasteiger partial charge in [-0.25, -0.2) is 0 Å². The van der Waals surface area contributed by atoms with E-state index >= 15 is 0 Å². The zero-order chi connectivity index (χ0) is 11.9. The molecule has 0 radical (unpaired) electrons. The molecule has 2 N–H and O–H groups in total. The van der Waals surface area contributed by atoms with Crippen molar-refractivity contribution in [2.75, 3.05) is 0 Å². The number of thiophene rings is 1. The monoisotopic (exact) mass is 246 g/mol. The van der Waals surface area contributed by atoms with Gasteiger partial charge in [-0.15, -0.1) is 0 Å². The zero-order valence-corrected chi connectivity index (χ0v) is 10.7. The van der Waals surface area contributed by atoms with Crippen molar-refractivity contribution in [3.63, 3.8) is 0 Å². The Morgan fingerprint density at radius 1 is 1.06 bits per heavy atom. The van der Waals surface area contributed by atoms with Crippen molar-refractivity contribution in [2.45, 2.75) is 31.7 Å². The maximum atomic E-state index is 6.13. The lowest BCUT2D eigenvalue weighted by atomic mass is 10.0. The van der Waals surface area contributed by atoms with E-state index in [1.807, 2.05) is 12.4 Å². The molecular weight excluding hydrogens is 228 g/mol. The molecule has 0 aliphatic carbocycles. The molecule has 0 spiro atoms. The summed E-state index contributed by atoms with van der Waals surface area (Å²) in [4.78, 5) is 4.01. The normalized spacial score (nSPS) is 12.5. The molecule has 2 aromatic heterocycles. The summed E-state index contributed by atoms with van der Waals surface area (Å²) in [6, 6.07) is 6.60. The highest BCUT2D eigenvalue weighted by atomic mass is 32.1. The van der Waals surface area contributed by atoms with Crippen molar-refractivity contribution in [2.24, 2.45) is 5.73 Å². The van der Waals surface area contributed by atoms with Gasteiger partial charge in [-0.05, 0) is 65.8 Å². The van der Waals surface area contributed by atoms with Gasteiger partial charge in [-0.1, -0.05) is 0 Å². The Labute approximate surface area is 107 Å². The van der Waals surface area contributed by atoms with Crippen molar-refractivity contribution in [3.05, 3.63) is 52.5 Å². The molecular formula is C14H18N2S. The van der Waals surface area contributed by atoms with Crippen LogP contribution in [0.15, 0.2) is 41.4 Å². The van der Waals surface area contributed by atoms with Crippen LogP contribution in [0.25, 0.3) is 0 Å². The van der Waals surface area contributed by atoms with E-state index in [2.05, 4.69) is 33.9 Å². The molecule has 0 aliphatic heterocycles. The fourth-order valence-corrected chi connectivity index (χ4v) is 2.54. The number of nitrogens with two attached hydrogens (primary N) is 1. The van der Waals surface area contributed by atoms with E-state index in [1.165, 1.54) is 11.1 Å². The molecule has 2 nitrogen and oxygen atoms in total. The molecule has 90 valence electrons. The van der Waals surface area contributed by atoms with Crippen molar-refractivity contribution < 1.29 is 0 Å². The van der Waals surface area contributed by atoms with E-state index < -0.39 is 0 Å². The second kappa shape index (κ2) is 6.52. The number of aryl methyl sites for hydroxylation is 2. The summed E-state index contributed by atoms with van der Waals surface area (Å²) in [5.41, 5.74) is 8.86. The molecule has 1 atom stereocenters. The Bertz CT molecular complexity index is 411. The minimum Gasteiger partial charge on any atom is -0.328 e. The summed E-state index contributed by atoms with van der Waals surface area (Å²) in [6.45, 7) is 0. The zero-order valence-electron chi connectivity index (χ0n) is 9.88. The first-order valence-electron chi connectivity index (χ1n) is 6.00. The van der Waals surface area contributed by atoms with Gasteiger partial charge in [0, 0.05) is 18.4 Å². The average Bonchev–Trinajstić information content (AvgIpc) is 2.88. The van der Waals surface area contributed by atoms with Gasteiger partial charge in [-0.3, -0.25) is 4.98 Å². The lowest BCUT2D eigenvalue weighted by Gasteiger charge is -2.10. The molecule has 2 rings (SSSR count). The fourth-order valence-electron chi connectivity index (χ4n) is 1.83. The lowest BCUT2D eigenvalue weighted by molar-refractivity contribution is 0.569. The standard InChI is InChI=1S/C14H18N2S/c15-14(4-2-13-7-10-17-11-13)3-1-12-5-8-16-9-6-12/h5-11,14H,1-4,15H2. The average molecular weight is 246 g/mol. The molecule has 2 heterocycles. The quantitative estimate of drug-likeness (QED) is 0.851. The molecule has 0 aliphatic rings. The van der Waals surface area contributed by atoms with Gasteiger partial charge in [0.25, 0.3) is 0 Å². The van der Waals surface area contributed by atoms with Crippen LogP contribution in [-0.4, -0.2) is 11.0 Å². The molecule has 0 saturated heterocycles. The number of pyridine rings is 1. The van der Waals surface area contributed by atoms with Crippen LogP contribution in [0.4, 0.5) is 0 Å². The van der Waals surface area contributed by atoms with E-state index in [0.717, 1.165) is 25.7 Å².